The summed E-state index contributed by atoms with van der Waals surface area (Å²) in [6.45, 7) is 7.19. The highest BCUT2D eigenvalue weighted by molar-refractivity contribution is 7.14. The Hall–Kier alpha value is -2.00. The SMILES string of the molecule is COC1CN(c2ccc(C(=O)Nc3scc(C(C)(C)C)c3C(O)O)c(F)c2)C1. The molecule has 0 saturated carbocycles. The fourth-order valence-electron chi connectivity index (χ4n) is 3.15. The fraction of sp³-hybridized carbons (Fsp3) is 0.450. The highest BCUT2D eigenvalue weighted by atomic mass is 32.1. The zero-order chi connectivity index (χ0) is 20.6. The van der Waals surface area contributed by atoms with Gasteiger partial charge in [-0.25, -0.2) is 4.39 Å². The van der Waals surface area contributed by atoms with E-state index in [0.29, 0.717) is 23.8 Å². The molecule has 2 aromatic rings. The summed E-state index contributed by atoms with van der Waals surface area (Å²) in [5.41, 5.74) is 1.23. The van der Waals surface area contributed by atoms with E-state index in [4.69, 9.17) is 4.74 Å². The third-order valence-electron chi connectivity index (χ3n) is 4.87. The zero-order valence-corrected chi connectivity index (χ0v) is 17.1. The van der Waals surface area contributed by atoms with Gasteiger partial charge in [-0.15, -0.1) is 11.3 Å². The summed E-state index contributed by atoms with van der Waals surface area (Å²) < 4.78 is 19.8. The molecular formula is C20H25FN2O4S. The largest absolute Gasteiger partial charge is 0.378 e. The van der Waals surface area contributed by atoms with Gasteiger partial charge in [0.1, 0.15) is 10.8 Å². The van der Waals surface area contributed by atoms with Gasteiger partial charge < -0.3 is 25.2 Å². The summed E-state index contributed by atoms with van der Waals surface area (Å²) in [4.78, 5) is 14.6. The van der Waals surface area contributed by atoms with E-state index in [-0.39, 0.29) is 22.6 Å². The topological polar surface area (TPSA) is 82.0 Å². The maximum absolute atomic E-state index is 14.5. The Morgan fingerprint density at radius 2 is 2.04 bits per heavy atom. The van der Waals surface area contributed by atoms with E-state index >= 15 is 0 Å². The Kier molecular flexibility index (Phi) is 5.77. The lowest BCUT2D eigenvalue weighted by Gasteiger charge is -2.40. The molecule has 0 spiro atoms. The molecule has 3 rings (SSSR count). The number of amides is 1. The molecule has 1 aliphatic rings. The molecule has 0 bridgehead atoms. The lowest BCUT2D eigenvalue weighted by molar-refractivity contribution is -0.0427. The molecule has 3 N–H and O–H groups in total. The van der Waals surface area contributed by atoms with Crippen LogP contribution in [0.3, 0.4) is 0 Å². The molecule has 1 aromatic carbocycles. The number of nitrogens with one attached hydrogen (secondary N) is 1. The van der Waals surface area contributed by atoms with E-state index in [1.807, 2.05) is 25.7 Å². The normalized spacial score (nSPS) is 15.1. The van der Waals surface area contributed by atoms with Crippen molar-refractivity contribution in [3.05, 3.63) is 46.1 Å². The van der Waals surface area contributed by atoms with Gasteiger partial charge in [0, 0.05) is 31.5 Å². The first-order chi connectivity index (χ1) is 13.1. The summed E-state index contributed by atoms with van der Waals surface area (Å²) >= 11 is 1.19. The smallest absolute Gasteiger partial charge is 0.259 e. The Labute approximate surface area is 167 Å². The van der Waals surface area contributed by atoms with Crippen LogP contribution in [0.4, 0.5) is 15.1 Å². The van der Waals surface area contributed by atoms with Crippen molar-refractivity contribution in [2.75, 3.05) is 30.4 Å². The van der Waals surface area contributed by atoms with Crippen LogP contribution < -0.4 is 10.2 Å². The first-order valence-electron chi connectivity index (χ1n) is 8.98. The van der Waals surface area contributed by atoms with Crippen LogP contribution in [0.15, 0.2) is 23.6 Å². The summed E-state index contributed by atoms with van der Waals surface area (Å²) in [6.07, 6.45) is -1.59. The quantitative estimate of drug-likeness (QED) is 0.662. The van der Waals surface area contributed by atoms with Crippen molar-refractivity contribution in [3.8, 4) is 0 Å². The number of hydrogen-bond donors (Lipinski definition) is 3. The van der Waals surface area contributed by atoms with Gasteiger partial charge in [0.2, 0.25) is 0 Å². The Balaban J connectivity index is 1.79. The van der Waals surface area contributed by atoms with Crippen LogP contribution in [0.2, 0.25) is 0 Å². The number of hydrogen-bond acceptors (Lipinski definition) is 6. The standard InChI is InChI=1S/C20H25FN2O4S/c1-20(2,3)14-10-28-18(16(14)19(25)26)22-17(24)13-6-5-11(7-15(13)21)23-8-12(9-23)27-4/h5-7,10,12,19,25-26H,8-9H2,1-4H3,(H,22,24). The van der Waals surface area contributed by atoms with Gasteiger partial charge in [0.05, 0.1) is 11.7 Å². The second kappa shape index (κ2) is 7.79. The van der Waals surface area contributed by atoms with Gasteiger partial charge in [-0.05, 0) is 34.6 Å². The molecule has 0 atom stereocenters. The number of carbonyl (C=O) groups excluding carboxylic acids is 1. The second-order valence-electron chi connectivity index (χ2n) is 7.90. The summed E-state index contributed by atoms with van der Waals surface area (Å²) in [5.74, 6) is -1.26. The molecule has 1 aliphatic heterocycles. The molecular weight excluding hydrogens is 383 g/mol. The van der Waals surface area contributed by atoms with Crippen LogP contribution in [0.5, 0.6) is 0 Å². The van der Waals surface area contributed by atoms with Gasteiger partial charge >= 0.3 is 0 Å². The number of aliphatic hydroxyl groups excluding tert-OH is 1. The van der Waals surface area contributed by atoms with Crippen molar-refractivity contribution in [1.29, 1.82) is 0 Å². The van der Waals surface area contributed by atoms with Crippen molar-refractivity contribution in [2.45, 2.75) is 38.6 Å². The third kappa shape index (κ3) is 4.05. The highest BCUT2D eigenvalue weighted by Crippen LogP contribution is 2.39. The lowest BCUT2D eigenvalue weighted by atomic mass is 9.86. The van der Waals surface area contributed by atoms with E-state index in [2.05, 4.69) is 5.32 Å². The molecule has 152 valence electrons. The Bertz CT molecular complexity index is 870. The van der Waals surface area contributed by atoms with E-state index in [9.17, 15) is 19.4 Å². The van der Waals surface area contributed by atoms with Crippen LogP contribution in [0.25, 0.3) is 0 Å². The molecule has 0 unspecified atom stereocenters. The molecule has 1 saturated heterocycles. The minimum Gasteiger partial charge on any atom is -0.378 e. The molecule has 1 amide bonds. The number of carbonyl (C=O) groups is 1. The van der Waals surface area contributed by atoms with Crippen LogP contribution in [-0.4, -0.2) is 42.4 Å². The van der Waals surface area contributed by atoms with E-state index in [0.717, 1.165) is 5.56 Å². The maximum atomic E-state index is 14.5. The van der Waals surface area contributed by atoms with Crippen LogP contribution >= 0.6 is 11.3 Å². The van der Waals surface area contributed by atoms with Gasteiger partial charge in [-0.3, -0.25) is 4.79 Å². The van der Waals surface area contributed by atoms with Crippen molar-refractivity contribution in [3.63, 3.8) is 0 Å². The minimum atomic E-state index is -1.73. The first kappa shape index (κ1) is 20.7. The van der Waals surface area contributed by atoms with Crippen LogP contribution in [0.1, 0.15) is 48.5 Å². The van der Waals surface area contributed by atoms with Crippen molar-refractivity contribution in [2.24, 2.45) is 0 Å². The molecule has 0 radical (unpaired) electrons. The fourth-order valence-corrected chi connectivity index (χ4v) is 4.36. The van der Waals surface area contributed by atoms with Crippen molar-refractivity contribution >= 4 is 27.9 Å². The van der Waals surface area contributed by atoms with Gasteiger partial charge in [0.25, 0.3) is 5.91 Å². The minimum absolute atomic E-state index is 0.100. The monoisotopic (exact) mass is 408 g/mol. The number of aliphatic hydroxyl groups is 2. The van der Waals surface area contributed by atoms with Gasteiger partial charge in [0.15, 0.2) is 6.29 Å². The van der Waals surface area contributed by atoms with Crippen molar-refractivity contribution < 1.29 is 24.1 Å². The molecule has 1 aromatic heterocycles. The van der Waals surface area contributed by atoms with Crippen LogP contribution in [0, 0.1) is 5.82 Å². The molecule has 28 heavy (non-hydrogen) atoms. The summed E-state index contributed by atoms with van der Waals surface area (Å²) in [6, 6.07) is 4.46. The number of methoxy groups -OCH3 is 1. The molecule has 8 heteroatoms. The number of rotatable bonds is 5. The average Bonchev–Trinajstić information content (AvgIpc) is 2.98. The van der Waals surface area contributed by atoms with Gasteiger partial charge in [-0.2, -0.15) is 0 Å². The maximum Gasteiger partial charge on any atom is 0.259 e. The number of thiophene rings is 1. The number of nitrogens with zero attached hydrogens (tertiary/aromatic N) is 1. The van der Waals surface area contributed by atoms with E-state index < -0.39 is 18.0 Å². The predicted molar refractivity (Wildman–Crippen MR) is 108 cm³/mol. The van der Waals surface area contributed by atoms with E-state index in [1.54, 1.807) is 18.6 Å². The molecule has 2 heterocycles. The Morgan fingerprint density at radius 1 is 1.36 bits per heavy atom. The summed E-state index contributed by atoms with van der Waals surface area (Å²) in [7, 11) is 1.64. The molecule has 1 fully saturated rings. The summed E-state index contributed by atoms with van der Waals surface area (Å²) in [5, 5.41) is 24.2. The number of halogens is 1. The van der Waals surface area contributed by atoms with Crippen LogP contribution in [-0.2, 0) is 10.2 Å². The number of benzene rings is 1. The lowest BCUT2D eigenvalue weighted by Crippen LogP contribution is -2.51. The highest BCUT2D eigenvalue weighted by Gasteiger charge is 2.29. The second-order valence-corrected chi connectivity index (χ2v) is 8.78. The predicted octanol–water partition coefficient (Wildman–Crippen LogP) is 3.26. The van der Waals surface area contributed by atoms with Crippen molar-refractivity contribution in [1.82, 2.24) is 0 Å². The third-order valence-corrected chi connectivity index (χ3v) is 5.78. The first-order valence-corrected chi connectivity index (χ1v) is 9.86. The zero-order valence-electron chi connectivity index (χ0n) is 16.3. The number of ether oxygens (including phenoxy) is 1. The average molecular weight is 408 g/mol. The van der Waals surface area contributed by atoms with E-state index in [1.165, 1.54) is 23.5 Å². The molecule has 6 nitrogen and oxygen atoms in total. The Morgan fingerprint density at radius 3 is 2.57 bits per heavy atom. The molecule has 0 aliphatic carbocycles. The number of anilines is 2. The van der Waals surface area contributed by atoms with Gasteiger partial charge in [-0.1, -0.05) is 20.8 Å².